The molecule has 0 aromatic heterocycles. The SMILES string of the molecule is Cc1cc(C)c(C)c(SCC(=O)Nc2ccc3c(c2)OCCO3)c1C. The third kappa shape index (κ3) is 3.93. The van der Waals surface area contributed by atoms with E-state index in [1.54, 1.807) is 11.8 Å². The number of benzene rings is 2. The molecule has 0 atom stereocenters. The molecule has 2 aromatic rings. The van der Waals surface area contributed by atoms with E-state index in [4.69, 9.17) is 9.47 Å². The molecule has 1 amide bonds. The monoisotopic (exact) mass is 357 g/mol. The van der Waals surface area contributed by atoms with Gasteiger partial charge in [-0.2, -0.15) is 0 Å². The summed E-state index contributed by atoms with van der Waals surface area (Å²) in [5.41, 5.74) is 5.75. The number of rotatable bonds is 4. The molecule has 0 bridgehead atoms. The zero-order valence-corrected chi connectivity index (χ0v) is 15.9. The Morgan fingerprint density at radius 3 is 2.32 bits per heavy atom. The highest BCUT2D eigenvalue weighted by molar-refractivity contribution is 8.00. The minimum atomic E-state index is -0.0281. The molecule has 3 rings (SSSR count). The maximum absolute atomic E-state index is 12.3. The number of hydrogen-bond acceptors (Lipinski definition) is 4. The summed E-state index contributed by atoms with van der Waals surface area (Å²) in [6.07, 6.45) is 0. The lowest BCUT2D eigenvalue weighted by Crippen LogP contribution is -2.17. The number of anilines is 1. The summed E-state index contributed by atoms with van der Waals surface area (Å²) in [6.45, 7) is 9.54. The normalized spacial score (nSPS) is 12.8. The van der Waals surface area contributed by atoms with Crippen molar-refractivity contribution in [3.05, 3.63) is 46.5 Å². The molecule has 1 aliphatic heterocycles. The van der Waals surface area contributed by atoms with Crippen LogP contribution in [0.4, 0.5) is 5.69 Å². The molecular formula is C20H23NO3S. The molecular weight excluding hydrogens is 334 g/mol. The van der Waals surface area contributed by atoms with Gasteiger partial charge in [0.05, 0.1) is 5.75 Å². The van der Waals surface area contributed by atoms with E-state index in [-0.39, 0.29) is 5.91 Å². The molecule has 1 aliphatic rings. The van der Waals surface area contributed by atoms with Gasteiger partial charge in [0.1, 0.15) is 13.2 Å². The first-order chi connectivity index (χ1) is 12.0. The largest absolute Gasteiger partial charge is 0.486 e. The van der Waals surface area contributed by atoms with Crippen molar-refractivity contribution in [3.63, 3.8) is 0 Å². The quantitative estimate of drug-likeness (QED) is 0.823. The standard InChI is InChI=1S/C20H23NO3S/c1-12-9-13(2)15(4)20(14(12)3)25-11-19(22)21-16-5-6-17-18(10-16)24-8-7-23-17/h5-6,9-10H,7-8,11H2,1-4H3,(H,21,22). The Morgan fingerprint density at radius 2 is 1.64 bits per heavy atom. The average Bonchev–Trinajstić information content (AvgIpc) is 2.60. The van der Waals surface area contributed by atoms with Crippen LogP contribution in [0.25, 0.3) is 0 Å². The number of hydrogen-bond donors (Lipinski definition) is 1. The maximum atomic E-state index is 12.3. The van der Waals surface area contributed by atoms with Crippen LogP contribution < -0.4 is 14.8 Å². The lowest BCUT2D eigenvalue weighted by Gasteiger charge is -2.19. The van der Waals surface area contributed by atoms with Gasteiger partial charge in [0.25, 0.3) is 0 Å². The summed E-state index contributed by atoms with van der Waals surface area (Å²) < 4.78 is 11.0. The van der Waals surface area contributed by atoms with Gasteiger partial charge in [-0.05, 0) is 62.1 Å². The van der Waals surface area contributed by atoms with Crippen LogP contribution in [0.2, 0.25) is 0 Å². The van der Waals surface area contributed by atoms with Crippen molar-refractivity contribution in [2.24, 2.45) is 0 Å². The van der Waals surface area contributed by atoms with Crippen LogP contribution in [-0.4, -0.2) is 24.9 Å². The smallest absolute Gasteiger partial charge is 0.234 e. The highest BCUT2D eigenvalue weighted by Crippen LogP contribution is 2.33. The molecule has 1 heterocycles. The number of aryl methyl sites for hydroxylation is 2. The number of carbonyl (C=O) groups excluding carboxylic acids is 1. The van der Waals surface area contributed by atoms with Gasteiger partial charge in [-0.25, -0.2) is 0 Å². The minimum Gasteiger partial charge on any atom is -0.486 e. The number of carbonyl (C=O) groups is 1. The van der Waals surface area contributed by atoms with Crippen molar-refractivity contribution in [1.29, 1.82) is 0 Å². The van der Waals surface area contributed by atoms with E-state index in [1.807, 2.05) is 18.2 Å². The number of ether oxygens (including phenoxy) is 2. The van der Waals surface area contributed by atoms with Gasteiger partial charge < -0.3 is 14.8 Å². The van der Waals surface area contributed by atoms with Crippen LogP contribution in [-0.2, 0) is 4.79 Å². The Hall–Kier alpha value is -2.14. The van der Waals surface area contributed by atoms with E-state index in [1.165, 1.54) is 27.1 Å². The fourth-order valence-electron chi connectivity index (χ4n) is 2.85. The zero-order chi connectivity index (χ0) is 18.0. The van der Waals surface area contributed by atoms with Crippen LogP contribution in [0.15, 0.2) is 29.2 Å². The number of amides is 1. The third-order valence-electron chi connectivity index (χ3n) is 4.47. The van der Waals surface area contributed by atoms with Crippen LogP contribution in [0.3, 0.4) is 0 Å². The molecule has 0 spiro atoms. The van der Waals surface area contributed by atoms with Crippen molar-refractivity contribution in [2.45, 2.75) is 32.6 Å². The molecule has 5 heteroatoms. The Morgan fingerprint density at radius 1 is 1.00 bits per heavy atom. The van der Waals surface area contributed by atoms with E-state index in [0.29, 0.717) is 24.7 Å². The van der Waals surface area contributed by atoms with E-state index in [0.717, 1.165) is 11.4 Å². The maximum Gasteiger partial charge on any atom is 0.234 e. The van der Waals surface area contributed by atoms with Crippen LogP contribution in [0, 0.1) is 27.7 Å². The molecule has 0 saturated carbocycles. The summed E-state index contributed by atoms with van der Waals surface area (Å²) in [7, 11) is 0. The molecule has 4 nitrogen and oxygen atoms in total. The van der Waals surface area contributed by atoms with Crippen molar-refractivity contribution < 1.29 is 14.3 Å². The van der Waals surface area contributed by atoms with Crippen molar-refractivity contribution in [3.8, 4) is 11.5 Å². The lowest BCUT2D eigenvalue weighted by atomic mass is 10.0. The van der Waals surface area contributed by atoms with Gasteiger partial charge in [-0.15, -0.1) is 11.8 Å². The first-order valence-corrected chi connectivity index (χ1v) is 9.34. The Bertz CT molecular complexity index is 791. The molecule has 25 heavy (non-hydrogen) atoms. The van der Waals surface area contributed by atoms with Gasteiger partial charge >= 0.3 is 0 Å². The van der Waals surface area contributed by atoms with Crippen molar-refractivity contribution >= 4 is 23.4 Å². The van der Waals surface area contributed by atoms with Crippen molar-refractivity contribution in [2.75, 3.05) is 24.3 Å². The van der Waals surface area contributed by atoms with Gasteiger partial charge in [0.15, 0.2) is 11.5 Å². The summed E-state index contributed by atoms with van der Waals surface area (Å²) in [6, 6.07) is 7.67. The lowest BCUT2D eigenvalue weighted by molar-refractivity contribution is -0.113. The molecule has 0 saturated heterocycles. The Balaban J connectivity index is 1.66. The van der Waals surface area contributed by atoms with Crippen LogP contribution in [0.1, 0.15) is 22.3 Å². The second kappa shape index (κ2) is 7.40. The first kappa shape index (κ1) is 17.7. The minimum absolute atomic E-state index is 0.0281. The zero-order valence-electron chi connectivity index (χ0n) is 15.1. The molecule has 0 aliphatic carbocycles. The van der Waals surface area contributed by atoms with E-state index >= 15 is 0 Å². The molecule has 2 aromatic carbocycles. The predicted octanol–water partition coefficient (Wildman–Crippen LogP) is 4.42. The fourth-order valence-corrected chi connectivity index (χ4v) is 3.96. The molecule has 0 unspecified atom stereocenters. The third-order valence-corrected chi connectivity index (χ3v) is 5.78. The van der Waals surface area contributed by atoms with E-state index in [9.17, 15) is 4.79 Å². The molecule has 132 valence electrons. The molecule has 0 fully saturated rings. The number of nitrogens with one attached hydrogen (secondary N) is 1. The highest BCUT2D eigenvalue weighted by atomic mass is 32.2. The van der Waals surface area contributed by atoms with E-state index in [2.05, 4.69) is 39.1 Å². The Kier molecular flexibility index (Phi) is 5.23. The summed E-state index contributed by atoms with van der Waals surface area (Å²) in [5, 5.41) is 2.94. The van der Waals surface area contributed by atoms with Crippen molar-refractivity contribution in [1.82, 2.24) is 0 Å². The van der Waals surface area contributed by atoms with Gasteiger partial charge in [-0.1, -0.05) is 6.07 Å². The topological polar surface area (TPSA) is 47.6 Å². The second-order valence-electron chi connectivity index (χ2n) is 6.28. The fraction of sp³-hybridized carbons (Fsp3) is 0.350. The van der Waals surface area contributed by atoms with Crippen LogP contribution in [0.5, 0.6) is 11.5 Å². The van der Waals surface area contributed by atoms with Gasteiger partial charge in [-0.3, -0.25) is 4.79 Å². The predicted molar refractivity (Wildman–Crippen MR) is 102 cm³/mol. The highest BCUT2D eigenvalue weighted by Gasteiger charge is 2.14. The number of thioether (sulfide) groups is 1. The summed E-state index contributed by atoms with van der Waals surface area (Å²) in [5.74, 6) is 1.75. The van der Waals surface area contributed by atoms with Gasteiger partial charge in [0, 0.05) is 16.6 Å². The molecule has 0 radical (unpaired) electrons. The van der Waals surface area contributed by atoms with Gasteiger partial charge in [0.2, 0.25) is 5.91 Å². The number of fused-ring (bicyclic) bond motifs is 1. The second-order valence-corrected chi connectivity index (χ2v) is 7.27. The average molecular weight is 357 g/mol. The Labute approximate surface area is 152 Å². The first-order valence-electron chi connectivity index (χ1n) is 8.35. The summed E-state index contributed by atoms with van der Waals surface area (Å²) >= 11 is 1.59. The summed E-state index contributed by atoms with van der Waals surface area (Å²) in [4.78, 5) is 13.5. The molecule has 1 N–H and O–H groups in total. The van der Waals surface area contributed by atoms with E-state index < -0.39 is 0 Å². The van der Waals surface area contributed by atoms with Crippen LogP contribution >= 0.6 is 11.8 Å².